The summed E-state index contributed by atoms with van der Waals surface area (Å²) in [6.07, 6.45) is 0.562. The zero-order valence-corrected chi connectivity index (χ0v) is 20.5. The van der Waals surface area contributed by atoms with Gasteiger partial charge in [0.25, 0.3) is 11.8 Å². The fourth-order valence-corrected chi connectivity index (χ4v) is 3.04. The van der Waals surface area contributed by atoms with E-state index < -0.39 is 30.9 Å². The predicted octanol–water partition coefficient (Wildman–Crippen LogP) is 2.13. The van der Waals surface area contributed by atoms with Crippen molar-refractivity contribution in [1.82, 2.24) is 10.6 Å². The molecule has 0 aromatic heterocycles. The first-order valence-corrected chi connectivity index (χ1v) is 11.2. The van der Waals surface area contributed by atoms with E-state index in [9.17, 15) is 14.4 Å². The molecule has 2 amide bonds. The first kappa shape index (κ1) is 27.3. The van der Waals surface area contributed by atoms with Crippen molar-refractivity contribution >= 4 is 17.8 Å². The van der Waals surface area contributed by atoms with Gasteiger partial charge in [-0.25, -0.2) is 0 Å². The number of carbonyl (C=O) groups excluding carboxylic acids is 3. The molecule has 0 radical (unpaired) electrons. The second-order valence-corrected chi connectivity index (χ2v) is 7.19. The second kappa shape index (κ2) is 14.3. The fourth-order valence-electron chi connectivity index (χ4n) is 3.04. The lowest BCUT2D eigenvalue weighted by atomic mass is 10.1. The van der Waals surface area contributed by atoms with Crippen molar-refractivity contribution in [2.75, 3.05) is 47.1 Å². The number of nitrogens with one attached hydrogen (secondary N) is 2. The van der Waals surface area contributed by atoms with Gasteiger partial charge in [-0.1, -0.05) is 6.07 Å². The van der Waals surface area contributed by atoms with E-state index in [4.69, 9.17) is 23.7 Å². The topological polar surface area (TPSA) is 121 Å². The molecule has 10 heteroatoms. The van der Waals surface area contributed by atoms with Gasteiger partial charge in [0, 0.05) is 18.2 Å². The van der Waals surface area contributed by atoms with Crippen LogP contribution in [0.1, 0.15) is 29.8 Å². The van der Waals surface area contributed by atoms with Crippen LogP contribution in [0.4, 0.5) is 0 Å². The van der Waals surface area contributed by atoms with Gasteiger partial charge in [0.2, 0.25) is 0 Å². The number of benzene rings is 2. The Hall–Kier alpha value is -3.95. The zero-order valence-electron chi connectivity index (χ0n) is 20.5. The Morgan fingerprint density at radius 2 is 1.49 bits per heavy atom. The van der Waals surface area contributed by atoms with E-state index in [2.05, 4.69) is 10.6 Å². The fraction of sp³-hybridized carbons (Fsp3) is 0.400. The standard InChI is InChI=1S/C25H32N2O8/c1-5-33-21-8-7-17(11-22(21)34-6-2)9-10-26-23(28)16-35-24(29)15-27-25(30)18-12-19(31-3)14-20(13-18)32-4/h7-8,11-14H,5-6,9-10,15-16H2,1-4H3,(H,26,28)(H,27,30). The van der Waals surface area contributed by atoms with Crippen molar-refractivity contribution in [3.8, 4) is 23.0 Å². The van der Waals surface area contributed by atoms with Crippen LogP contribution in [-0.4, -0.2) is 64.9 Å². The third kappa shape index (κ3) is 9.07. The van der Waals surface area contributed by atoms with Crippen LogP contribution in [0.2, 0.25) is 0 Å². The predicted molar refractivity (Wildman–Crippen MR) is 128 cm³/mol. The summed E-state index contributed by atoms with van der Waals surface area (Å²) in [5.41, 5.74) is 1.22. The molecule has 0 fully saturated rings. The van der Waals surface area contributed by atoms with Gasteiger partial charge in [-0.15, -0.1) is 0 Å². The van der Waals surface area contributed by atoms with Crippen molar-refractivity contribution in [2.45, 2.75) is 20.3 Å². The molecule has 0 spiro atoms. The maximum absolute atomic E-state index is 12.3. The Labute approximate surface area is 204 Å². The van der Waals surface area contributed by atoms with E-state index in [0.717, 1.165) is 5.56 Å². The molecule has 2 aromatic rings. The maximum atomic E-state index is 12.3. The molecule has 10 nitrogen and oxygen atoms in total. The van der Waals surface area contributed by atoms with Gasteiger partial charge in [-0.2, -0.15) is 0 Å². The Kier molecular flexibility index (Phi) is 11.2. The van der Waals surface area contributed by atoms with Gasteiger partial charge in [-0.05, 0) is 50.1 Å². The first-order valence-electron chi connectivity index (χ1n) is 11.2. The van der Waals surface area contributed by atoms with Crippen LogP contribution in [0, 0.1) is 0 Å². The Morgan fingerprint density at radius 3 is 2.11 bits per heavy atom. The molecular formula is C25H32N2O8. The van der Waals surface area contributed by atoms with Gasteiger partial charge in [0.15, 0.2) is 18.1 Å². The van der Waals surface area contributed by atoms with Crippen molar-refractivity contribution in [3.05, 3.63) is 47.5 Å². The summed E-state index contributed by atoms with van der Waals surface area (Å²) in [5, 5.41) is 5.13. The number of esters is 1. The molecule has 0 aliphatic carbocycles. The lowest BCUT2D eigenvalue weighted by molar-refractivity contribution is -0.147. The van der Waals surface area contributed by atoms with E-state index in [1.165, 1.54) is 26.4 Å². The Bertz CT molecular complexity index is 987. The Balaban J connectivity index is 1.73. The summed E-state index contributed by atoms with van der Waals surface area (Å²) < 4.78 is 26.3. The minimum absolute atomic E-state index is 0.258. The van der Waals surface area contributed by atoms with Crippen molar-refractivity contribution in [1.29, 1.82) is 0 Å². The molecular weight excluding hydrogens is 456 g/mol. The quantitative estimate of drug-likeness (QED) is 0.388. The van der Waals surface area contributed by atoms with Gasteiger partial charge in [0.1, 0.15) is 18.0 Å². The number of carbonyl (C=O) groups is 3. The molecule has 35 heavy (non-hydrogen) atoms. The zero-order chi connectivity index (χ0) is 25.6. The summed E-state index contributed by atoms with van der Waals surface area (Å²) in [4.78, 5) is 36.2. The number of rotatable bonds is 14. The molecule has 2 rings (SSSR count). The van der Waals surface area contributed by atoms with Crippen LogP contribution >= 0.6 is 0 Å². The number of hydrogen-bond acceptors (Lipinski definition) is 8. The first-order chi connectivity index (χ1) is 16.9. The minimum atomic E-state index is -0.740. The number of amides is 2. The summed E-state index contributed by atoms with van der Waals surface area (Å²) in [7, 11) is 2.93. The molecule has 0 heterocycles. The highest BCUT2D eigenvalue weighted by Crippen LogP contribution is 2.28. The lowest BCUT2D eigenvalue weighted by Crippen LogP contribution is -2.34. The summed E-state index contributed by atoms with van der Waals surface area (Å²) in [6, 6.07) is 10.3. The van der Waals surface area contributed by atoms with E-state index >= 15 is 0 Å². The van der Waals surface area contributed by atoms with Crippen LogP contribution in [0.25, 0.3) is 0 Å². The molecule has 0 saturated carbocycles. The molecule has 0 bridgehead atoms. The number of hydrogen-bond donors (Lipinski definition) is 2. The molecule has 0 aliphatic rings. The lowest BCUT2D eigenvalue weighted by Gasteiger charge is -2.13. The van der Waals surface area contributed by atoms with Crippen molar-refractivity contribution < 1.29 is 38.1 Å². The highest BCUT2D eigenvalue weighted by molar-refractivity contribution is 5.96. The molecule has 2 aromatic carbocycles. The normalized spacial score (nSPS) is 10.2. The average molecular weight is 489 g/mol. The second-order valence-electron chi connectivity index (χ2n) is 7.19. The third-order valence-corrected chi connectivity index (χ3v) is 4.71. The third-order valence-electron chi connectivity index (χ3n) is 4.71. The smallest absolute Gasteiger partial charge is 0.325 e. The van der Waals surface area contributed by atoms with E-state index in [-0.39, 0.29) is 5.56 Å². The number of ether oxygens (including phenoxy) is 5. The van der Waals surface area contributed by atoms with Crippen LogP contribution in [0.15, 0.2) is 36.4 Å². The van der Waals surface area contributed by atoms with Gasteiger partial charge in [0.05, 0.1) is 27.4 Å². The molecule has 2 N–H and O–H groups in total. The molecule has 190 valence electrons. The van der Waals surface area contributed by atoms with Crippen molar-refractivity contribution in [2.24, 2.45) is 0 Å². The SMILES string of the molecule is CCOc1ccc(CCNC(=O)COC(=O)CNC(=O)c2cc(OC)cc(OC)c2)cc1OCC. The monoisotopic (exact) mass is 488 g/mol. The minimum Gasteiger partial charge on any atom is -0.497 e. The molecule has 0 saturated heterocycles. The largest absolute Gasteiger partial charge is 0.497 e. The van der Waals surface area contributed by atoms with Gasteiger partial charge >= 0.3 is 5.97 Å². The van der Waals surface area contributed by atoms with E-state index in [1.807, 2.05) is 32.0 Å². The van der Waals surface area contributed by atoms with E-state index in [1.54, 1.807) is 6.07 Å². The molecule has 0 unspecified atom stereocenters. The van der Waals surface area contributed by atoms with Crippen LogP contribution in [0.3, 0.4) is 0 Å². The summed E-state index contributed by atoms with van der Waals surface area (Å²) >= 11 is 0. The highest BCUT2D eigenvalue weighted by atomic mass is 16.5. The Morgan fingerprint density at radius 1 is 0.829 bits per heavy atom. The van der Waals surface area contributed by atoms with Crippen molar-refractivity contribution in [3.63, 3.8) is 0 Å². The molecule has 0 atom stereocenters. The van der Waals surface area contributed by atoms with Crippen LogP contribution in [-0.2, 0) is 20.7 Å². The number of methoxy groups -OCH3 is 2. The maximum Gasteiger partial charge on any atom is 0.325 e. The van der Waals surface area contributed by atoms with Gasteiger partial charge in [-0.3, -0.25) is 14.4 Å². The summed E-state index contributed by atoms with van der Waals surface area (Å²) in [6.45, 7) is 4.36. The van der Waals surface area contributed by atoms with E-state index in [0.29, 0.717) is 49.2 Å². The average Bonchev–Trinajstić information content (AvgIpc) is 2.87. The van der Waals surface area contributed by atoms with Gasteiger partial charge < -0.3 is 34.3 Å². The molecule has 0 aliphatic heterocycles. The highest BCUT2D eigenvalue weighted by Gasteiger charge is 2.13. The van der Waals surface area contributed by atoms with Crippen LogP contribution in [0.5, 0.6) is 23.0 Å². The summed E-state index contributed by atoms with van der Waals surface area (Å²) in [5.74, 6) is 0.509. The van der Waals surface area contributed by atoms with Crippen LogP contribution < -0.4 is 29.6 Å².